The summed E-state index contributed by atoms with van der Waals surface area (Å²) in [6.07, 6.45) is 0.211. The van der Waals surface area contributed by atoms with Crippen molar-refractivity contribution in [1.29, 1.82) is 0 Å². The molecule has 1 N–H and O–H groups in total. The first kappa shape index (κ1) is 19.7. The van der Waals surface area contributed by atoms with Crippen molar-refractivity contribution in [3.05, 3.63) is 22.2 Å². The average molecular weight is 390 g/mol. The zero-order chi connectivity index (χ0) is 17.5. The maximum atomic E-state index is 11.6. The Balaban J connectivity index is 2.91. The van der Waals surface area contributed by atoms with Crippen LogP contribution in [-0.4, -0.2) is 46.6 Å². The van der Waals surface area contributed by atoms with Gasteiger partial charge in [-0.2, -0.15) is 0 Å². The van der Waals surface area contributed by atoms with Gasteiger partial charge in [-0.05, 0) is 34.5 Å². The highest BCUT2D eigenvalue weighted by atomic mass is 79.9. The molecule has 1 aromatic rings. The number of hydrogen-bond acceptors (Lipinski definition) is 6. The van der Waals surface area contributed by atoms with Crippen LogP contribution in [0.25, 0.3) is 0 Å². The van der Waals surface area contributed by atoms with Gasteiger partial charge in [0.1, 0.15) is 0 Å². The molecule has 1 unspecified atom stereocenters. The third kappa shape index (κ3) is 5.37. The lowest BCUT2D eigenvalue weighted by Gasteiger charge is -2.29. The second kappa shape index (κ2) is 9.10. The van der Waals surface area contributed by atoms with Gasteiger partial charge >= 0.3 is 5.97 Å². The van der Waals surface area contributed by atoms with Crippen molar-refractivity contribution in [2.45, 2.75) is 25.4 Å². The van der Waals surface area contributed by atoms with Crippen LogP contribution in [0, 0.1) is 0 Å². The zero-order valence-electron chi connectivity index (χ0n) is 14.2. The molecule has 1 atom stereocenters. The van der Waals surface area contributed by atoms with E-state index in [9.17, 15) is 4.79 Å². The summed E-state index contributed by atoms with van der Waals surface area (Å²) < 4.78 is 21.4. The molecule has 23 heavy (non-hydrogen) atoms. The molecule has 6 nitrogen and oxygen atoms in total. The summed E-state index contributed by atoms with van der Waals surface area (Å²) >= 11 is 3.54. The van der Waals surface area contributed by atoms with Gasteiger partial charge in [-0.25, -0.2) is 0 Å². The van der Waals surface area contributed by atoms with E-state index in [-0.39, 0.29) is 12.4 Å². The number of rotatable bonds is 9. The molecule has 0 aliphatic heterocycles. The van der Waals surface area contributed by atoms with E-state index in [2.05, 4.69) is 21.2 Å². The van der Waals surface area contributed by atoms with E-state index in [4.69, 9.17) is 18.9 Å². The Morgan fingerprint density at radius 1 is 1.22 bits per heavy atom. The first-order chi connectivity index (χ1) is 10.9. The summed E-state index contributed by atoms with van der Waals surface area (Å²) in [5.41, 5.74) is 0.448. The van der Waals surface area contributed by atoms with E-state index in [1.54, 1.807) is 21.3 Å². The number of methoxy groups -OCH3 is 4. The molecule has 0 aromatic heterocycles. The Morgan fingerprint density at radius 2 is 1.91 bits per heavy atom. The summed E-state index contributed by atoms with van der Waals surface area (Å²) in [7, 11) is 6.16. The minimum atomic E-state index is -0.533. The fraction of sp³-hybridized carbons (Fsp3) is 0.562. The maximum absolute atomic E-state index is 11.6. The van der Waals surface area contributed by atoms with E-state index in [1.807, 2.05) is 19.1 Å². The van der Waals surface area contributed by atoms with Crippen LogP contribution in [0.1, 0.15) is 18.9 Å². The molecule has 0 amide bonds. The second-order valence-corrected chi connectivity index (χ2v) is 6.17. The summed E-state index contributed by atoms with van der Waals surface area (Å²) in [4.78, 5) is 11.6. The molecule has 0 saturated heterocycles. The number of hydrogen-bond donors (Lipinski definition) is 1. The van der Waals surface area contributed by atoms with Gasteiger partial charge in [0.05, 0.1) is 38.8 Å². The van der Waals surface area contributed by atoms with Gasteiger partial charge in [0.25, 0.3) is 0 Å². The van der Waals surface area contributed by atoms with Gasteiger partial charge in [0.15, 0.2) is 11.5 Å². The van der Waals surface area contributed by atoms with Crippen molar-refractivity contribution in [1.82, 2.24) is 5.32 Å². The van der Waals surface area contributed by atoms with E-state index >= 15 is 0 Å². The molecule has 0 heterocycles. The second-order valence-electron chi connectivity index (χ2n) is 5.37. The van der Waals surface area contributed by atoms with Gasteiger partial charge in [-0.3, -0.25) is 4.79 Å². The SMILES string of the molecule is COCC(C)(CC(=O)OC)NCc1ccc(OC)c(OC)c1Br. The molecule has 0 fully saturated rings. The van der Waals surface area contributed by atoms with Crippen molar-refractivity contribution in [2.75, 3.05) is 35.0 Å². The third-order valence-electron chi connectivity index (χ3n) is 3.50. The van der Waals surface area contributed by atoms with Crippen molar-refractivity contribution in [2.24, 2.45) is 0 Å². The lowest BCUT2D eigenvalue weighted by Crippen LogP contribution is -2.47. The van der Waals surface area contributed by atoms with Crippen molar-refractivity contribution in [3.63, 3.8) is 0 Å². The highest BCUT2D eigenvalue weighted by Gasteiger charge is 2.28. The number of benzene rings is 1. The fourth-order valence-corrected chi connectivity index (χ4v) is 2.88. The third-order valence-corrected chi connectivity index (χ3v) is 4.37. The fourth-order valence-electron chi connectivity index (χ4n) is 2.25. The first-order valence-electron chi connectivity index (χ1n) is 7.11. The lowest BCUT2D eigenvalue weighted by atomic mass is 9.98. The number of nitrogens with one attached hydrogen (secondary N) is 1. The van der Waals surface area contributed by atoms with Crippen LogP contribution in [0.3, 0.4) is 0 Å². The van der Waals surface area contributed by atoms with E-state index in [0.29, 0.717) is 24.7 Å². The van der Waals surface area contributed by atoms with Crippen molar-refractivity contribution >= 4 is 21.9 Å². The van der Waals surface area contributed by atoms with Crippen LogP contribution < -0.4 is 14.8 Å². The molecule has 0 aliphatic rings. The van der Waals surface area contributed by atoms with Gasteiger partial charge in [0, 0.05) is 19.2 Å². The number of ether oxygens (including phenoxy) is 4. The van der Waals surface area contributed by atoms with E-state index < -0.39 is 5.54 Å². The average Bonchev–Trinajstić information content (AvgIpc) is 2.53. The first-order valence-corrected chi connectivity index (χ1v) is 7.90. The van der Waals surface area contributed by atoms with Crippen LogP contribution in [0.15, 0.2) is 16.6 Å². The predicted molar refractivity (Wildman–Crippen MR) is 91.0 cm³/mol. The van der Waals surface area contributed by atoms with Crippen LogP contribution in [0.5, 0.6) is 11.5 Å². The molecule has 7 heteroatoms. The molecule has 0 saturated carbocycles. The van der Waals surface area contributed by atoms with Crippen molar-refractivity contribution in [3.8, 4) is 11.5 Å². The molecule has 0 aliphatic carbocycles. The number of carbonyl (C=O) groups excluding carboxylic acids is 1. The smallest absolute Gasteiger partial charge is 0.307 e. The number of halogens is 1. The maximum Gasteiger partial charge on any atom is 0.307 e. The Morgan fingerprint density at radius 3 is 2.43 bits per heavy atom. The Hall–Kier alpha value is -1.31. The molecular formula is C16H24BrNO5. The molecule has 130 valence electrons. The molecule has 1 aromatic carbocycles. The molecule has 1 rings (SSSR count). The largest absolute Gasteiger partial charge is 0.493 e. The van der Waals surface area contributed by atoms with E-state index in [0.717, 1.165) is 10.0 Å². The normalized spacial score (nSPS) is 13.3. The summed E-state index contributed by atoms with van der Waals surface area (Å²) in [5.74, 6) is 0.994. The highest BCUT2D eigenvalue weighted by Crippen LogP contribution is 2.37. The minimum absolute atomic E-state index is 0.211. The van der Waals surface area contributed by atoms with Crippen molar-refractivity contribution < 1.29 is 23.7 Å². The van der Waals surface area contributed by atoms with Crippen LogP contribution in [0.2, 0.25) is 0 Å². The Bertz CT molecular complexity index is 537. The molecule has 0 radical (unpaired) electrons. The number of esters is 1. The zero-order valence-corrected chi connectivity index (χ0v) is 15.8. The van der Waals surface area contributed by atoms with E-state index in [1.165, 1.54) is 7.11 Å². The molecule has 0 bridgehead atoms. The van der Waals surface area contributed by atoms with Crippen LogP contribution in [-0.2, 0) is 20.8 Å². The standard InChI is InChI=1S/C16H24BrNO5/c1-16(10-20-2,8-13(19)22-4)18-9-11-6-7-12(21-3)15(23-5)14(11)17/h6-7,18H,8-10H2,1-5H3. The summed E-state index contributed by atoms with van der Waals surface area (Å²) in [5, 5.41) is 3.36. The van der Waals surface area contributed by atoms with Crippen LogP contribution >= 0.6 is 15.9 Å². The molecule has 0 spiro atoms. The number of carbonyl (C=O) groups is 1. The minimum Gasteiger partial charge on any atom is -0.493 e. The van der Waals surface area contributed by atoms with Gasteiger partial charge in [-0.1, -0.05) is 6.07 Å². The van der Waals surface area contributed by atoms with Gasteiger partial charge in [-0.15, -0.1) is 0 Å². The molecular weight excluding hydrogens is 366 g/mol. The predicted octanol–water partition coefficient (Wildman–Crippen LogP) is 2.52. The summed E-state index contributed by atoms with van der Waals surface area (Å²) in [6, 6.07) is 3.78. The quantitative estimate of drug-likeness (QED) is 0.654. The Kier molecular flexibility index (Phi) is 7.81. The Labute approximate surface area is 145 Å². The summed E-state index contributed by atoms with van der Waals surface area (Å²) in [6.45, 7) is 2.83. The van der Waals surface area contributed by atoms with Crippen LogP contribution in [0.4, 0.5) is 0 Å². The monoisotopic (exact) mass is 389 g/mol. The highest BCUT2D eigenvalue weighted by molar-refractivity contribution is 9.10. The van der Waals surface area contributed by atoms with Gasteiger partial charge in [0.2, 0.25) is 0 Å². The van der Waals surface area contributed by atoms with Gasteiger partial charge < -0.3 is 24.3 Å². The lowest BCUT2D eigenvalue weighted by molar-refractivity contribution is -0.142. The topological polar surface area (TPSA) is 66.0 Å².